The summed E-state index contributed by atoms with van der Waals surface area (Å²) >= 11 is 3.42. The van der Waals surface area contributed by atoms with Gasteiger partial charge in [0.05, 0.1) is 24.4 Å². The van der Waals surface area contributed by atoms with E-state index in [0.717, 1.165) is 22.7 Å². The molecule has 0 aliphatic rings. The van der Waals surface area contributed by atoms with E-state index >= 15 is 0 Å². The Hall–Kier alpha value is -2.66. The van der Waals surface area contributed by atoms with Crippen LogP contribution in [-0.2, 0) is 0 Å². The second kappa shape index (κ2) is 7.70. The number of anilines is 3. The van der Waals surface area contributed by atoms with Crippen LogP contribution in [-0.4, -0.2) is 19.3 Å². The second-order valence-corrected chi connectivity index (χ2v) is 6.65. The van der Waals surface area contributed by atoms with Gasteiger partial charge in [-0.15, -0.1) is 0 Å². The Morgan fingerprint density at radius 2 is 1.54 bits per heavy atom. The number of methoxy groups -OCH3 is 2. The molecule has 26 heavy (non-hydrogen) atoms. The van der Waals surface area contributed by atoms with Crippen molar-refractivity contribution < 1.29 is 14.6 Å². The summed E-state index contributed by atoms with van der Waals surface area (Å²) in [5, 5.41) is 10.7. The molecule has 0 spiro atoms. The first-order chi connectivity index (χ1) is 12.5. The van der Waals surface area contributed by atoms with Gasteiger partial charge in [0, 0.05) is 17.4 Å². The molecule has 0 saturated heterocycles. The fraction of sp³-hybridized carbons (Fsp3) is 0.143. The molecule has 1 N–H and O–H groups in total. The smallest absolute Gasteiger partial charge is 0.154 e. The number of aromatic hydroxyl groups is 1. The molecular weight excluding hydrogens is 394 g/mol. The third-order valence-electron chi connectivity index (χ3n) is 4.15. The normalized spacial score (nSPS) is 10.5. The molecule has 0 aromatic heterocycles. The SMILES string of the molecule is COc1ccc(N(c2ccccc2)c2cc(OC)cc(Br)c2O)c(C)c1. The van der Waals surface area contributed by atoms with E-state index in [0.29, 0.717) is 15.9 Å². The molecule has 0 amide bonds. The maximum Gasteiger partial charge on any atom is 0.154 e. The molecule has 0 bridgehead atoms. The largest absolute Gasteiger partial charge is 0.505 e. The van der Waals surface area contributed by atoms with Crippen LogP contribution in [0.1, 0.15) is 5.56 Å². The predicted octanol–water partition coefficient (Wildman–Crippen LogP) is 5.95. The highest BCUT2D eigenvalue weighted by Gasteiger charge is 2.20. The Labute approximate surface area is 161 Å². The number of phenolic OH excluding ortho intramolecular Hbond substituents is 1. The van der Waals surface area contributed by atoms with Gasteiger partial charge in [0.15, 0.2) is 5.75 Å². The maximum absolute atomic E-state index is 10.7. The third kappa shape index (κ3) is 3.48. The Bertz CT molecular complexity index is 913. The number of hydrogen-bond donors (Lipinski definition) is 1. The number of hydrogen-bond acceptors (Lipinski definition) is 4. The molecule has 5 heteroatoms. The van der Waals surface area contributed by atoms with E-state index in [1.54, 1.807) is 20.3 Å². The Kier molecular flexibility index (Phi) is 5.38. The number of nitrogens with zero attached hydrogens (tertiary/aromatic N) is 1. The molecule has 4 nitrogen and oxygen atoms in total. The minimum absolute atomic E-state index is 0.143. The fourth-order valence-corrected chi connectivity index (χ4v) is 3.27. The van der Waals surface area contributed by atoms with Gasteiger partial charge in [0.2, 0.25) is 0 Å². The topological polar surface area (TPSA) is 41.9 Å². The van der Waals surface area contributed by atoms with Crippen LogP contribution >= 0.6 is 15.9 Å². The number of rotatable bonds is 5. The summed E-state index contributed by atoms with van der Waals surface area (Å²) < 4.78 is 11.3. The zero-order valence-electron chi connectivity index (χ0n) is 14.9. The van der Waals surface area contributed by atoms with Crippen molar-refractivity contribution in [2.75, 3.05) is 19.1 Å². The van der Waals surface area contributed by atoms with Crippen molar-refractivity contribution in [1.29, 1.82) is 0 Å². The predicted molar refractivity (Wildman–Crippen MR) is 108 cm³/mol. The van der Waals surface area contributed by atoms with Crippen LogP contribution in [0.5, 0.6) is 17.2 Å². The average Bonchev–Trinajstić information content (AvgIpc) is 2.67. The minimum atomic E-state index is 0.143. The van der Waals surface area contributed by atoms with Crippen LogP contribution in [0.15, 0.2) is 65.1 Å². The van der Waals surface area contributed by atoms with Gasteiger partial charge < -0.3 is 19.5 Å². The maximum atomic E-state index is 10.7. The molecule has 0 aliphatic heterocycles. The molecule has 3 rings (SSSR count). The van der Waals surface area contributed by atoms with Gasteiger partial charge in [-0.25, -0.2) is 0 Å². The van der Waals surface area contributed by atoms with E-state index in [2.05, 4.69) is 15.9 Å². The molecule has 134 valence electrons. The summed E-state index contributed by atoms with van der Waals surface area (Å²) in [5.74, 6) is 1.58. The molecular formula is C21H20BrNO3. The van der Waals surface area contributed by atoms with E-state index in [-0.39, 0.29) is 5.75 Å². The molecule has 0 atom stereocenters. The van der Waals surface area contributed by atoms with Crippen LogP contribution in [0, 0.1) is 6.92 Å². The molecule has 0 aliphatic carbocycles. The summed E-state index contributed by atoms with van der Waals surface area (Å²) in [6, 6.07) is 19.3. The summed E-state index contributed by atoms with van der Waals surface area (Å²) in [6.45, 7) is 2.01. The first kappa shape index (κ1) is 18.1. The van der Waals surface area contributed by atoms with Gasteiger partial charge in [-0.1, -0.05) is 18.2 Å². The summed E-state index contributed by atoms with van der Waals surface area (Å²) in [5.41, 5.74) is 3.51. The zero-order valence-corrected chi connectivity index (χ0v) is 16.4. The van der Waals surface area contributed by atoms with Crippen LogP contribution in [0.4, 0.5) is 17.1 Å². The van der Waals surface area contributed by atoms with Crippen molar-refractivity contribution in [3.63, 3.8) is 0 Å². The van der Waals surface area contributed by atoms with Crippen LogP contribution in [0.2, 0.25) is 0 Å². The first-order valence-corrected chi connectivity index (χ1v) is 8.90. The number of ether oxygens (including phenoxy) is 2. The lowest BCUT2D eigenvalue weighted by molar-refractivity contribution is 0.412. The number of phenols is 1. The lowest BCUT2D eigenvalue weighted by Crippen LogP contribution is -2.12. The van der Waals surface area contributed by atoms with Crippen LogP contribution in [0.25, 0.3) is 0 Å². The highest BCUT2D eigenvalue weighted by molar-refractivity contribution is 9.10. The van der Waals surface area contributed by atoms with Crippen molar-refractivity contribution in [3.05, 3.63) is 70.7 Å². The summed E-state index contributed by atoms with van der Waals surface area (Å²) in [4.78, 5) is 2.00. The van der Waals surface area contributed by atoms with Gasteiger partial charge in [-0.2, -0.15) is 0 Å². The highest BCUT2D eigenvalue weighted by atomic mass is 79.9. The van der Waals surface area contributed by atoms with Crippen molar-refractivity contribution in [2.24, 2.45) is 0 Å². The van der Waals surface area contributed by atoms with Crippen molar-refractivity contribution >= 4 is 33.0 Å². The molecule has 0 saturated carbocycles. The van der Waals surface area contributed by atoms with E-state index in [1.165, 1.54) is 0 Å². The Balaban J connectivity index is 2.26. The third-order valence-corrected chi connectivity index (χ3v) is 4.76. The van der Waals surface area contributed by atoms with E-state index in [9.17, 15) is 5.11 Å². The monoisotopic (exact) mass is 413 g/mol. The molecule has 0 unspecified atom stereocenters. The van der Waals surface area contributed by atoms with E-state index in [1.807, 2.05) is 66.4 Å². The standard InChI is InChI=1S/C21H20BrNO3/c1-14-11-16(25-2)9-10-19(14)23(15-7-5-4-6-8-15)20-13-17(26-3)12-18(22)21(20)24/h4-13,24H,1-3H3. The van der Waals surface area contributed by atoms with Gasteiger partial charge >= 0.3 is 0 Å². The molecule has 3 aromatic carbocycles. The van der Waals surface area contributed by atoms with Gasteiger partial charge in [-0.05, 0) is 64.8 Å². The van der Waals surface area contributed by atoms with Crippen LogP contribution < -0.4 is 14.4 Å². The number of benzene rings is 3. The number of halogens is 1. The molecule has 0 fully saturated rings. The lowest BCUT2D eigenvalue weighted by atomic mass is 10.1. The zero-order chi connectivity index (χ0) is 18.7. The van der Waals surface area contributed by atoms with Crippen molar-refractivity contribution in [3.8, 4) is 17.2 Å². The number of aryl methyl sites for hydroxylation is 1. The molecule has 0 radical (unpaired) electrons. The number of para-hydroxylation sites is 1. The van der Waals surface area contributed by atoms with Gasteiger partial charge in [0.25, 0.3) is 0 Å². The van der Waals surface area contributed by atoms with Gasteiger partial charge in [0.1, 0.15) is 11.5 Å². The van der Waals surface area contributed by atoms with Crippen molar-refractivity contribution in [2.45, 2.75) is 6.92 Å². The minimum Gasteiger partial charge on any atom is -0.505 e. The lowest BCUT2D eigenvalue weighted by Gasteiger charge is -2.28. The second-order valence-electron chi connectivity index (χ2n) is 5.80. The fourth-order valence-electron chi connectivity index (χ4n) is 2.84. The van der Waals surface area contributed by atoms with E-state index < -0.39 is 0 Å². The quantitative estimate of drug-likeness (QED) is 0.560. The Morgan fingerprint density at radius 1 is 0.846 bits per heavy atom. The highest BCUT2D eigenvalue weighted by Crippen LogP contribution is 2.46. The Morgan fingerprint density at radius 3 is 2.15 bits per heavy atom. The van der Waals surface area contributed by atoms with Gasteiger partial charge in [-0.3, -0.25) is 0 Å². The van der Waals surface area contributed by atoms with E-state index in [4.69, 9.17) is 9.47 Å². The molecule has 0 heterocycles. The van der Waals surface area contributed by atoms with Crippen molar-refractivity contribution in [1.82, 2.24) is 0 Å². The molecule has 3 aromatic rings. The summed E-state index contributed by atoms with van der Waals surface area (Å²) in [6.07, 6.45) is 0. The van der Waals surface area contributed by atoms with Crippen LogP contribution in [0.3, 0.4) is 0 Å². The summed E-state index contributed by atoms with van der Waals surface area (Å²) in [7, 11) is 3.25. The first-order valence-electron chi connectivity index (χ1n) is 8.11. The average molecular weight is 414 g/mol.